The number of benzene rings is 1. The Morgan fingerprint density at radius 3 is 2.58 bits per heavy atom. The smallest absolute Gasteiger partial charge is 0.341 e. The standard InChI is InChI=1S/C18H16N2O4S2/c1-3-24-18(22)15-13(11-4-6-12(23-2)7-5-11)8-26-17(15)20-16(21)14-9-25-10-19-14/h4-10H,3H2,1-2H3,(H,20,21). The van der Waals surface area contributed by atoms with Crippen molar-refractivity contribution in [2.24, 2.45) is 0 Å². The van der Waals surface area contributed by atoms with E-state index in [9.17, 15) is 9.59 Å². The van der Waals surface area contributed by atoms with E-state index in [1.54, 1.807) is 24.9 Å². The summed E-state index contributed by atoms with van der Waals surface area (Å²) in [6.07, 6.45) is 0. The quantitative estimate of drug-likeness (QED) is 0.637. The molecule has 3 aromatic rings. The Bertz CT molecular complexity index is 902. The largest absolute Gasteiger partial charge is 0.497 e. The van der Waals surface area contributed by atoms with Crippen molar-refractivity contribution in [2.45, 2.75) is 6.92 Å². The summed E-state index contributed by atoms with van der Waals surface area (Å²) < 4.78 is 10.4. The van der Waals surface area contributed by atoms with E-state index in [4.69, 9.17) is 9.47 Å². The Hall–Kier alpha value is -2.71. The lowest BCUT2D eigenvalue weighted by molar-refractivity contribution is 0.0529. The molecule has 26 heavy (non-hydrogen) atoms. The zero-order valence-corrected chi connectivity index (χ0v) is 15.8. The number of nitrogens with zero attached hydrogens (tertiary/aromatic N) is 1. The van der Waals surface area contributed by atoms with Crippen LogP contribution in [-0.2, 0) is 4.74 Å². The van der Waals surface area contributed by atoms with Gasteiger partial charge in [0.1, 0.15) is 22.0 Å². The Labute approximate surface area is 158 Å². The molecule has 0 saturated carbocycles. The summed E-state index contributed by atoms with van der Waals surface area (Å²) in [4.78, 5) is 28.8. The highest BCUT2D eigenvalue weighted by molar-refractivity contribution is 7.15. The van der Waals surface area contributed by atoms with Gasteiger partial charge in [0.25, 0.3) is 5.91 Å². The average Bonchev–Trinajstić information content (AvgIpc) is 3.32. The van der Waals surface area contributed by atoms with Crippen molar-refractivity contribution in [3.05, 3.63) is 51.8 Å². The summed E-state index contributed by atoms with van der Waals surface area (Å²) in [5.41, 5.74) is 3.76. The van der Waals surface area contributed by atoms with Gasteiger partial charge in [0.2, 0.25) is 0 Å². The molecule has 6 nitrogen and oxygen atoms in total. The summed E-state index contributed by atoms with van der Waals surface area (Å²) in [5.74, 6) is -0.119. The van der Waals surface area contributed by atoms with Gasteiger partial charge in [-0.3, -0.25) is 4.79 Å². The number of methoxy groups -OCH3 is 1. The first-order chi connectivity index (χ1) is 12.6. The molecule has 1 aromatic carbocycles. The first-order valence-corrected chi connectivity index (χ1v) is 9.58. The highest BCUT2D eigenvalue weighted by Gasteiger charge is 2.23. The lowest BCUT2D eigenvalue weighted by Crippen LogP contribution is -2.15. The lowest BCUT2D eigenvalue weighted by Gasteiger charge is -2.08. The van der Waals surface area contributed by atoms with E-state index < -0.39 is 5.97 Å². The fourth-order valence-corrected chi connectivity index (χ4v) is 3.82. The lowest BCUT2D eigenvalue weighted by atomic mass is 10.0. The molecule has 0 unspecified atom stereocenters. The second-order valence-electron chi connectivity index (χ2n) is 5.13. The van der Waals surface area contributed by atoms with Crippen LogP contribution in [0.15, 0.2) is 40.5 Å². The molecule has 0 atom stereocenters. The summed E-state index contributed by atoms with van der Waals surface area (Å²) in [5, 5.41) is 6.67. The number of thiazole rings is 1. The zero-order chi connectivity index (χ0) is 18.5. The number of esters is 1. The van der Waals surface area contributed by atoms with Crippen molar-refractivity contribution in [3.63, 3.8) is 0 Å². The molecule has 3 rings (SSSR count). The van der Waals surface area contributed by atoms with Gasteiger partial charge in [0.15, 0.2) is 0 Å². The van der Waals surface area contributed by atoms with Crippen LogP contribution < -0.4 is 10.1 Å². The molecule has 0 aliphatic rings. The molecule has 2 heterocycles. The van der Waals surface area contributed by atoms with E-state index in [0.29, 0.717) is 21.8 Å². The van der Waals surface area contributed by atoms with Crippen LogP contribution in [0.2, 0.25) is 0 Å². The highest BCUT2D eigenvalue weighted by Crippen LogP contribution is 2.37. The van der Waals surface area contributed by atoms with Crippen LogP contribution in [0.3, 0.4) is 0 Å². The number of aromatic nitrogens is 1. The Balaban J connectivity index is 1.97. The van der Waals surface area contributed by atoms with Gasteiger partial charge in [-0.1, -0.05) is 12.1 Å². The van der Waals surface area contributed by atoms with Crippen molar-refractivity contribution in [3.8, 4) is 16.9 Å². The second kappa shape index (κ2) is 8.11. The number of carbonyl (C=O) groups excluding carboxylic acids is 2. The molecule has 134 valence electrons. The predicted octanol–water partition coefficient (Wildman–Crippen LogP) is 4.31. The average molecular weight is 388 g/mol. The normalized spacial score (nSPS) is 10.4. The van der Waals surface area contributed by atoms with Gasteiger partial charge in [0.05, 0.1) is 19.2 Å². The van der Waals surface area contributed by atoms with Gasteiger partial charge in [-0.15, -0.1) is 22.7 Å². The van der Waals surface area contributed by atoms with Gasteiger partial charge >= 0.3 is 5.97 Å². The fraction of sp³-hybridized carbons (Fsp3) is 0.167. The van der Waals surface area contributed by atoms with Crippen LogP contribution in [-0.4, -0.2) is 30.6 Å². The van der Waals surface area contributed by atoms with E-state index in [1.165, 1.54) is 22.7 Å². The molecule has 1 amide bonds. The van der Waals surface area contributed by atoms with Crippen molar-refractivity contribution in [1.29, 1.82) is 0 Å². The molecule has 0 saturated heterocycles. The predicted molar refractivity (Wildman–Crippen MR) is 102 cm³/mol. The minimum Gasteiger partial charge on any atom is -0.497 e. The molecule has 1 N–H and O–H groups in total. The van der Waals surface area contributed by atoms with Crippen LogP contribution in [0.25, 0.3) is 11.1 Å². The first-order valence-electron chi connectivity index (χ1n) is 7.76. The molecule has 0 aliphatic heterocycles. The maximum atomic E-state index is 12.5. The van der Waals surface area contributed by atoms with Gasteiger partial charge in [0, 0.05) is 16.3 Å². The number of ether oxygens (including phenoxy) is 2. The van der Waals surface area contributed by atoms with Crippen LogP contribution in [0.4, 0.5) is 5.00 Å². The number of rotatable bonds is 6. The monoisotopic (exact) mass is 388 g/mol. The number of anilines is 1. The number of thiophene rings is 1. The van der Waals surface area contributed by atoms with Crippen molar-refractivity contribution in [2.75, 3.05) is 19.0 Å². The minimum atomic E-state index is -0.479. The minimum absolute atomic E-state index is 0.246. The van der Waals surface area contributed by atoms with Gasteiger partial charge < -0.3 is 14.8 Å². The Morgan fingerprint density at radius 2 is 1.96 bits per heavy atom. The third-order valence-corrected chi connectivity index (χ3v) is 5.05. The summed E-state index contributed by atoms with van der Waals surface area (Å²) in [6, 6.07) is 7.34. The molecule has 0 radical (unpaired) electrons. The molecule has 8 heteroatoms. The maximum Gasteiger partial charge on any atom is 0.341 e. The Morgan fingerprint density at radius 1 is 1.19 bits per heavy atom. The zero-order valence-electron chi connectivity index (χ0n) is 14.1. The molecule has 2 aromatic heterocycles. The topological polar surface area (TPSA) is 77.5 Å². The number of nitrogens with one attached hydrogen (secondary N) is 1. The van der Waals surface area contributed by atoms with E-state index in [1.807, 2.05) is 29.6 Å². The molecular weight excluding hydrogens is 372 g/mol. The van der Waals surface area contributed by atoms with E-state index in [2.05, 4.69) is 10.3 Å². The van der Waals surface area contributed by atoms with E-state index >= 15 is 0 Å². The molecule has 0 spiro atoms. The summed E-state index contributed by atoms with van der Waals surface area (Å²) in [6.45, 7) is 1.99. The molecule has 0 fully saturated rings. The second-order valence-corrected chi connectivity index (χ2v) is 6.73. The third-order valence-electron chi connectivity index (χ3n) is 3.56. The summed E-state index contributed by atoms with van der Waals surface area (Å²) >= 11 is 2.60. The number of carbonyl (C=O) groups is 2. The first kappa shape index (κ1) is 18.1. The van der Waals surface area contributed by atoms with Crippen molar-refractivity contribution < 1.29 is 19.1 Å². The Kier molecular flexibility index (Phi) is 5.65. The fourth-order valence-electron chi connectivity index (χ4n) is 2.33. The number of hydrogen-bond donors (Lipinski definition) is 1. The van der Waals surface area contributed by atoms with Crippen molar-refractivity contribution in [1.82, 2.24) is 4.98 Å². The van der Waals surface area contributed by atoms with Crippen LogP contribution in [0.1, 0.15) is 27.8 Å². The summed E-state index contributed by atoms with van der Waals surface area (Å²) in [7, 11) is 1.59. The van der Waals surface area contributed by atoms with Crippen LogP contribution in [0.5, 0.6) is 5.75 Å². The van der Waals surface area contributed by atoms with Crippen LogP contribution in [0, 0.1) is 0 Å². The van der Waals surface area contributed by atoms with Crippen LogP contribution >= 0.6 is 22.7 Å². The number of amides is 1. The SMILES string of the molecule is CCOC(=O)c1c(-c2ccc(OC)cc2)csc1NC(=O)c1cscn1. The highest BCUT2D eigenvalue weighted by atomic mass is 32.1. The van der Waals surface area contributed by atoms with Crippen molar-refractivity contribution >= 4 is 39.6 Å². The van der Waals surface area contributed by atoms with Gasteiger partial charge in [-0.25, -0.2) is 9.78 Å². The van der Waals surface area contributed by atoms with Gasteiger partial charge in [-0.2, -0.15) is 0 Å². The molecule has 0 bridgehead atoms. The van der Waals surface area contributed by atoms with E-state index in [-0.39, 0.29) is 12.5 Å². The number of hydrogen-bond acceptors (Lipinski definition) is 7. The molecule has 0 aliphatic carbocycles. The van der Waals surface area contributed by atoms with Gasteiger partial charge in [-0.05, 0) is 24.6 Å². The third kappa shape index (κ3) is 3.76. The maximum absolute atomic E-state index is 12.5. The molecular formula is C18H16N2O4S2. The van der Waals surface area contributed by atoms with E-state index in [0.717, 1.165) is 11.3 Å².